The van der Waals surface area contributed by atoms with Crippen molar-refractivity contribution in [1.29, 1.82) is 0 Å². The number of carbonyl (C=O) groups excluding carboxylic acids is 1. The summed E-state index contributed by atoms with van der Waals surface area (Å²) in [5.41, 5.74) is 0.713. The normalized spacial score (nSPS) is 27.4. The van der Waals surface area contributed by atoms with E-state index in [0.29, 0.717) is 17.4 Å². The van der Waals surface area contributed by atoms with Crippen LogP contribution < -0.4 is 0 Å². The third-order valence-corrected chi connectivity index (χ3v) is 4.25. The average molecular weight is 249 g/mol. The Hall–Kier alpha value is -1.58. The van der Waals surface area contributed by atoms with E-state index in [2.05, 4.69) is 13.8 Å². The summed E-state index contributed by atoms with van der Waals surface area (Å²) in [5, 5.41) is 9.24. The SMILES string of the molecule is CC(=O)c1cc(C(=O)O)n(C2CCC(C)C2C)c1. The molecule has 3 unspecified atom stereocenters. The number of Topliss-reactive ketones (excluding diaryl/α,β-unsaturated/α-hetero) is 1. The van der Waals surface area contributed by atoms with Crippen molar-refractivity contribution < 1.29 is 14.7 Å². The van der Waals surface area contributed by atoms with Crippen molar-refractivity contribution in [3.8, 4) is 0 Å². The number of carboxylic acid groups (broad SMARTS) is 1. The van der Waals surface area contributed by atoms with Gasteiger partial charge in [0.1, 0.15) is 5.69 Å². The number of aromatic carboxylic acids is 1. The van der Waals surface area contributed by atoms with Gasteiger partial charge in [0.15, 0.2) is 5.78 Å². The fourth-order valence-corrected chi connectivity index (χ4v) is 2.85. The van der Waals surface area contributed by atoms with Crippen molar-refractivity contribution >= 4 is 11.8 Å². The molecule has 4 heteroatoms. The Morgan fingerprint density at radius 3 is 2.44 bits per heavy atom. The van der Waals surface area contributed by atoms with Crippen molar-refractivity contribution in [3.63, 3.8) is 0 Å². The molecule has 0 spiro atoms. The van der Waals surface area contributed by atoms with E-state index in [1.165, 1.54) is 13.0 Å². The second kappa shape index (κ2) is 4.59. The Labute approximate surface area is 107 Å². The number of aromatic nitrogens is 1. The molecule has 1 saturated carbocycles. The highest BCUT2D eigenvalue weighted by Crippen LogP contribution is 2.40. The summed E-state index contributed by atoms with van der Waals surface area (Å²) < 4.78 is 1.78. The Balaban J connectivity index is 2.43. The molecule has 1 aliphatic rings. The lowest BCUT2D eigenvalue weighted by molar-refractivity contribution is 0.0680. The van der Waals surface area contributed by atoms with Crippen LogP contribution in [0.3, 0.4) is 0 Å². The van der Waals surface area contributed by atoms with Crippen LogP contribution in [0, 0.1) is 11.8 Å². The zero-order chi connectivity index (χ0) is 13.4. The van der Waals surface area contributed by atoms with Gasteiger partial charge in [-0.05, 0) is 37.7 Å². The third-order valence-electron chi connectivity index (χ3n) is 4.25. The molecule has 1 aromatic rings. The van der Waals surface area contributed by atoms with E-state index in [0.717, 1.165) is 12.8 Å². The number of rotatable bonds is 3. The molecule has 0 radical (unpaired) electrons. The van der Waals surface area contributed by atoms with Gasteiger partial charge in [-0.1, -0.05) is 13.8 Å². The summed E-state index contributed by atoms with van der Waals surface area (Å²) >= 11 is 0. The van der Waals surface area contributed by atoms with Crippen LogP contribution in [-0.4, -0.2) is 21.4 Å². The molecule has 18 heavy (non-hydrogen) atoms. The van der Waals surface area contributed by atoms with Crippen molar-refractivity contribution in [3.05, 3.63) is 23.5 Å². The molecule has 2 rings (SSSR count). The minimum atomic E-state index is -0.964. The molecule has 3 atom stereocenters. The van der Waals surface area contributed by atoms with Gasteiger partial charge < -0.3 is 9.67 Å². The minimum Gasteiger partial charge on any atom is -0.477 e. The molecule has 0 saturated heterocycles. The summed E-state index contributed by atoms with van der Waals surface area (Å²) in [6.45, 7) is 5.81. The fourth-order valence-electron chi connectivity index (χ4n) is 2.85. The molecule has 4 nitrogen and oxygen atoms in total. The maximum absolute atomic E-state index is 11.4. The van der Waals surface area contributed by atoms with Gasteiger partial charge in [0.2, 0.25) is 0 Å². The van der Waals surface area contributed by atoms with Gasteiger partial charge in [-0.25, -0.2) is 4.79 Å². The highest BCUT2D eigenvalue weighted by Gasteiger charge is 2.33. The van der Waals surface area contributed by atoms with Crippen molar-refractivity contribution in [2.45, 2.75) is 39.7 Å². The lowest BCUT2D eigenvalue weighted by atomic mass is 9.97. The predicted molar refractivity (Wildman–Crippen MR) is 68.0 cm³/mol. The predicted octanol–water partition coefficient (Wildman–Crippen LogP) is 3.00. The van der Waals surface area contributed by atoms with Crippen LogP contribution in [0.25, 0.3) is 0 Å². The van der Waals surface area contributed by atoms with Crippen LogP contribution in [0.2, 0.25) is 0 Å². The lowest BCUT2D eigenvalue weighted by Gasteiger charge is -2.21. The van der Waals surface area contributed by atoms with Crippen LogP contribution in [0.1, 0.15) is 60.5 Å². The van der Waals surface area contributed by atoms with Gasteiger partial charge >= 0.3 is 5.97 Å². The molecule has 0 aromatic carbocycles. The smallest absolute Gasteiger partial charge is 0.352 e. The molecule has 0 aliphatic heterocycles. The minimum absolute atomic E-state index is 0.0880. The van der Waals surface area contributed by atoms with E-state index in [1.807, 2.05) is 0 Å². The van der Waals surface area contributed by atoms with Crippen LogP contribution in [0.5, 0.6) is 0 Å². The van der Waals surface area contributed by atoms with E-state index < -0.39 is 5.97 Å². The molecule has 1 heterocycles. The molecular formula is C14H19NO3. The zero-order valence-electron chi connectivity index (χ0n) is 11.0. The van der Waals surface area contributed by atoms with E-state index >= 15 is 0 Å². The molecular weight excluding hydrogens is 230 g/mol. The van der Waals surface area contributed by atoms with E-state index in [4.69, 9.17) is 0 Å². The molecule has 0 bridgehead atoms. The first kappa shape index (κ1) is 12.9. The standard InChI is InChI=1S/C14H19NO3/c1-8-4-5-12(9(8)2)15-7-11(10(3)16)6-13(15)14(17)18/h6-9,12H,4-5H2,1-3H3,(H,17,18). The van der Waals surface area contributed by atoms with Crippen LogP contribution >= 0.6 is 0 Å². The Morgan fingerprint density at radius 1 is 1.33 bits per heavy atom. The van der Waals surface area contributed by atoms with Crippen LogP contribution in [0.15, 0.2) is 12.3 Å². The van der Waals surface area contributed by atoms with Crippen molar-refractivity contribution in [2.75, 3.05) is 0 Å². The van der Waals surface area contributed by atoms with Crippen molar-refractivity contribution in [1.82, 2.24) is 4.57 Å². The number of carboxylic acids is 1. The summed E-state index contributed by atoms with van der Waals surface area (Å²) in [7, 11) is 0. The second-order valence-electron chi connectivity index (χ2n) is 5.36. The first-order valence-corrected chi connectivity index (χ1v) is 6.38. The molecule has 0 amide bonds. The summed E-state index contributed by atoms with van der Waals surface area (Å²) in [6, 6.07) is 1.68. The number of carbonyl (C=O) groups is 2. The number of hydrogen-bond acceptors (Lipinski definition) is 2. The Morgan fingerprint density at radius 2 is 2.00 bits per heavy atom. The molecule has 98 valence electrons. The molecule has 1 aliphatic carbocycles. The topological polar surface area (TPSA) is 59.3 Å². The highest BCUT2D eigenvalue weighted by atomic mass is 16.4. The third kappa shape index (κ3) is 2.07. The Bertz CT molecular complexity index is 489. The summed E-state index contributed by atoms with van der Waals surface area (Å²) in [6.07, 6.45) is 3.79. The summed E-state index contributed by atoms with van der Waals surface area (Å²) in [4.78, 5) is 22.7. The highest BCUT2D eigenvalue weighted by molar-refractivity contribution is 5.97. The van der Waals surface area contributed by atoms with Crippen LogP contribution in [-0.2, 0) is 0 Å². The van der Waals surface area contributed by atoms with E-state index in [9.17, 15) is 14.7 Å². The monoisotopic (exact) mass is 249 g/mol. The number of nitrogens with zero attached hydrogens (tertiary/aromatic N) is 1. The first-order chi connectivity index (χ1) is 8.41. The molecule has 1 N–H and O–H groups in total. The average Bonchev–Trinajstić information content (AvgIpc) is 2.85. The van der Waals surface area contributed by atoms with E-state index in [-0.39, 0.29) is 17.5 Å². The zero-order valence-corrected chi connectivity index (χ0v) is 11.0. The Kier molecular flexibility index (Phi) is 3.28. The number of hydrogen-bond donors (Lipinski definition) is 1. The van der Waals surface area contributed by atoms with Gasteiger partial charge in [-0.3, -0.25) is 4.79 Å². The van der Waals surface area contributed by atoms with Gasteiger partial charge in [-0.2, -0.15) is 0 Å². The largest absolute Gasteiger partial charge is 0.477 e. The lowest BCUT2D eigenvalue weighted by Crippen LogP contribution is -2.18. The van der Waals surface area contributed by atoms with Gasteiger partial charge in [0.05, 0.1) is 0 Å². The second-order valence-corrected chi connectivity index (χ2v) is 5.36. The van der Waals surface area contributed by atoms with Gasteiger partial charge in [-0.15, -0.1) is 0 Å². The quantitative estimate of drug-likeness (QED) is 0.838. The van der Waals surface area contributed by atoms with Crippen molar-refractivity contribution in [2.24, 2.45) is 11.8 Å². The molecule has 1 fully saturated rings. The van der Waals surface area contributed by atoms with Gasteiger partial charge in [0, 0.05) is 17.8 Å². The maximum Gasteiger partial charge on any atom is 0.352 e. The first-order valence-electron chi connectivity index (χ1n) is 6.38. The maximum atomic E-state index is 11.4. The number of ketones is 1. The molecule has 1 aromatic heterocycles. The van der Waals surface area contributed by atoms with E-state index in [1.54, 1.807) is 10.8 Å². The summed E-state index contributed by atoms with van der Waals surface area (Å²) in [5.74, 6) is -0.0145. The van der Waals surface area contributed by atoms with Crippen LogP contribution in [0.4, 0.5) is 0 Å². The van der Waals surface area contributed by atoms with Gasteiger partial charge in [0.25, 0.3) is 0 Å². The fraction of sp³-hybridized carbons (Fsp3) is 0.571.